The van der Waals surface area contributed by atoms with Crippen molar-refractivity contribution >= 4 is 23.4 Å². The minimum atomic E-state index is -0.738. The molecule has 2 aromatic carbocycles. The van der Waals surface area contributed by atoms with Crippen molar-refractivity contribution < 1.29 is 19.1 Å². The van der Waals surface area contributed by atoms with E-state index in [9.17, 15) is 9.59 Å². The highest BCUT2D eigenvalue weighted by Crippen LogP contribution is 2.29. The summed E-state index contributed by atoms with van der Waals surface area (Å²) in [6, 6.07) is 15.0. The van der Waals surface area contributed by atoms with Gasteiger partial charge in [-0.25, -0.2) is 4.98 Å². The molecule has 2 aromatic heterocycles. The Bertz CT molecular complexity index is 1550. The second-order valence-corrected chi connectivity index (χ2v) is 10.5. The highest BCUT2D eigenvalue weighted by Gasteiger charge is 2.29. The number of carbonyl (C=O) groups excluding carboxylic acids is 2. The molecule has 0 saturated carbocycles. The van der Waals surface area contributed by atoms with Crippen LogP contribution >= 0.6 is 0 Å². The van der Waals surface area contributed by atoms with Crippen LogP contribution in [0.4, 0.5) is 5.82 Å². The molecule has 3 heterocycles. The molecule has 2 amide bonds. The van der Waals surface area contributed by atoms with E-state index in [0.29, 0.717) is 23.7 Å². The van der Waals surface area contributed by atoms with Crippen LogP contribution in [0.15, 0.2) is 54.9 Å². The molecule has 1 saturated heterocycles. The summed E-state index contributed by atoms with van der Waals surface area (Å²) >= 11 is 0. The van der Waals surface area contributed by atoms with Gasteiger partial charge in [0.25, 0.3) is 5.78 Å². The number of nitrogens with one attached hydrogen (secondary N) is 2. The van der Waals surface area contributed by atoms with E-state index >= 15 is 0 Å². The fourth-order valence-corrected chi connectivity index (χ4v) is 5.53. The third-order valence-electron chi connectivity index (χ3n) is 7.68. The summed E-state index contributed by atoms with van der Waals surface area (Å²) in [6.45, 7) is 4.88. The van der Waals surface area contributed by atoms with E-state index in [1.165, 1.54) is 18.8 Å². The van der Waals surface area contributed by atoms with E-state index in [2.05, 4.69) is 37.7 Å². The minimum Gasteiger partial charge on any atom is -0.497 e. The summed E-state index contributed by atoms with van der Waals surface area (Å²) < 4.78 is 12.6. The van der Waals surface area contributed by atoms with Gasteiger partial charge in [-0.05, 0) is 37.0 Å². The Morgan fingerprint density at radius 1 is 1.07 bits per heavy atom. The molecular weight excluding hydrogens is 534 g/mol. The van der Waals surface area contributed by atoms with Gasteiger partial charge < -0.3 is 25.0 Å². The molecule has 0 bridgehead atoms. The number of anilines is 1. The molecule has 1 atom stereocenters. The summed E-state index contributed by atoms with van der Waals surface area (Å²) in [5.41, 5.74) is 4.04. The quantitative estimate of drug-likeness (QED) is 0.298. The first kappa shape index (κ1) is 28.8. The summed E-state index contributed by atoms with van der Waals surface area (Å²) in [6.07, 6.45) is 4.04. The zero-order chi connectivity index (χ0) is 29.6. The van der Waals surface area contributed by atoms with Crippen LogP contribution in [0, 0.1) is 6.92 Å². The van der Waals surface area contributed by atoms with Crippen LogP contribution in [-0.4, -0.2) is 70.8 Å². The van der Waals surface area contributed by atoms with Gasteiger partial charge in [0.15, 0.2) is 0 Å². The molecule has 1 aliphatic heterocycles. The second kappa shape index (κ2) is 12.9. The van der Waals surface area contributed by atoms with Crippen molar-refractivity contribution in [1.82, 2.24) is 30.2 Å². The number of hydrogen-bond acceptors (Lipinski definition) is 8. The number of methoxy groups -OCH3 is 2. The largest absolute Gasteiger partial charge is 0.497 e. The van der Waals surface area contributed by atoms with Crippen molar-refractivity contribution in [2.24, 2.45) is 0 Å². The van der Waals surface area contributed by atoms with Crippen molar-refractivity contribution in [2.45, 2.75) is 51.6 Å². The van der Waals surface area contributed by atoms with Crippen molar-refractivity contribution in [3.63, 3.8) is 0 Å². The van der Waals surface area contributed by atoms with Gasteiger partial charge in [0.1, 0.15) is 29.7 Å². The summed E-state index contributed by atoms with van der Waals surface area (Å²) in [4.78, 5) is 36.8. The predicted octanol–water partition coefficient (Wildman–Crippen LogP) is 2.87. The number of nitrogens with zero attached hydrogens (tertiary/aromatic N) is 5. The Hall–Kier alpha value is -4.67. The lowest BCUT2D eigenvalue weighted by atomic mass is 9.99. The highest BCUT2D eigenvalue weighted by atomic mass is 16.5. The van der Waals surface area contributed by atoms with Crippen LogP contribution in [-0.2, 0) is 22.4 Å². The van der Waals surface area contributed by atoms with Gasteiger partial charge in [0.2, 0.25) is 11.8 Å². The number of ether oxygens (including phenoxy) is 2. The fourth-order valence-electron chi connectivity index (χ4n) is 5.53. The molecule has 42 heavy (non-hydrogen) atoms. The van der Waals surface area contributed by atoms with Gasteiger partial charge in [-0.2, -0.15) is 14.6 Å². The fraction of sp³-hybridized carbons (Fsp3) is 0.387. The number of aromatic nitrogens is 4. The lowest BCUT2D eigenvalue weighted by Crippen LogP contribution is -2.52. The number of aryl methyl sites for hydroxylation is 1. The summed E-state index contributed by atoms with van der Waals surface area (Å²) in [5, 5.41) is 10.5. The topological polar surface area (TPSA) is 123 Å². The molecule has 11 heteroatoms. The van der Waals surface area contributed by atoms with E-state index in [0.717, 1.165) is 55.0 Å². The molecule has 11 nitrogen and oxygen atoms in total. The molecule has 220 valence electrons. The van der Waals surface area contributed by atoms with Crippen LogP contribution in [0.3, 0.4) is 0 Å². The molecule has 4 aromatic rings. The highest BCUT2D eigenvalue weighted by molar-refractivity contribution is 5.87. The first-order chi connectivity index (χ1) is 20.4. The van der Waals surface area contributed by atoms with E-state index in [4.69, 9.17) is 14.5 Å². The van der Waals surface area contributed by atoms with Crippen LogP contribution in [0.5, 0.6) is 11.5 Å². The molecule has 1 aliphatic rings. The average molecular weight is 572 g/mol. The number of rotatable bonds is 10. The molecular formula is C31H37N7O4. The zero-order valence-corrected chi connectivity index (χ0v) is 24.5. The Labute approximate surface area is 245 Å². The van der Waals surface area contributed by atoms with E-state index in [1.807, 2.05) is 41.8 Å². The Morgan fingerprint density at radius 2 is 1.83 bits per heavy atom. The predicted molar refractivity (Wildman–Crippen MR) is 159 cm³/mol. The molecule has 2 N–H and O–H groups in total. The Kier molecular flexibility index (Phi) is 8.85. The first-order valence-electron chi connectivity index (χ1n) is 14.1. The zero-order valence-electron chi connectivity index (χ0n) is 24.5. The maximum atomic E-state index is 13.4. The van der Waals surface area contributed by atoms with Gasteiger partial charge in [0, 0.05) is 56.2 Å². The number of amides is 2. The van der Waals surface area contributed by atoms with Crippen LogP contribution in [0.2, 0.25) is 0 Å². The normalized spacial score (nSPS) is 14.4. The van der Waals surface area contributed by atoms with Crippen molar-refractivity contribution in [1.29, 1.82) is 0 Å². The van der Waals surface area contributed by atoms with Gasteiger partial charge in [-0.15, -0.1) is 0 Å². The molecule has 5 rings (SSSR count). The number of fused-ring (bicyclic) bond motifs is 1. The smallest absolute Gasteiger partial charge is 0.254 e. The number of piperidine rings is 1. The van der Waals surface area contributed by atoms with Crippen molar-refractivity contribution in [2.75, 3.05) is 32.2 Å². The third-order valence-corrected chi connectivity index (χ3v) is 7.68. The van der Waals surface area contributed by atoms with Gasteiger partial charge in [-0.1, -0.05) is 36.4 Å². The van der Waals surface area contributed by atoms with Gasteiger partial charge in [-0.3, -0.25) is 9.59 Å². The first-order valence-corrected chi connectivity index (χ1v) is 14.1. The molecule has 0 spiro atoms. The summed E-state index contributed by atoms with van der Waals surface area (Å²) in [7, 11) is 3.16. The molecule has 0 unspecified atom stereocenters. The maximum absolute atomic E-state index is 13.4. The average Bonchev–Trinajstić information content (AvgIpc) is 3.46. The summed E-state index contributed by atoms with van der Waals surface area (Å²) in [5.74, 6) is 2.33. The molecule has 0 radical (unpaired) electrons. The van der Waals surface area contributed by atoms with E-state index < -0.39 is 6.04 Å². The minimum absolute atomic E-state index is 0.0329. The van der Waals surface area contributed by atoms with Crippen LogP contribution < -0.4 is 25.0 Å². The number of carbonyl (C=O) groups is 2. The monoisotopic (exact) mass is 571 g/mol. The van der Waals surface area contributed by atoms with Crippen molar-refractivity contribution in [3.8, 4) is 11.5 Å². The number of hydrogen-bond donors (Lipinski definition) is 2. The van der Waals surface area contributed by atoms with E-state index in [1.54, 1.807) is 20.3 Å². The molecule has 0 aliphatic carbocycles. The number of benzene rings is 2. The van der Waals surface area contributed by atoms with Crippen LogP contribution in [0.25, 0.3) is 5.78 Å². The van der Waals surface area contributed by atoms with Gasteiger partial charge in [0.05, 0.1) is 14.2 Å². The van der Waals surface area contributed by atoms with E-state index in [-0.39, 0.29) is 17.9 Å². The van der Waals surface area contributed by atoms with Crippen molar-refractivity contribution in [3.05, 3.63) is 77.2 Å². The third kappa shape index (κ3) is 6.45. The second-order valence-electron chi connectivity index (χ2n) is 10.5. The Balaban J connectivity index is 1.30. The lowest BCUT2D eigenvalue weighted by molar-refractivity contribution is -0.128. The van der Waals surface area contributed by atoms with Crippen LogP contribution in [0.1, 0.15) is 42.1 Å². The molecule has 1 fully saturated rings. The van der Waals surface area contributed by atoms with Gasteiger partial charge >= 0.3 is 0 Å². The standard InChI is InChI=1S/C31H37N7O4/c1-20-26(16-22-8-6-5-7-9-22)30(38-31(34-20)32-19-33-38)37-14-12-24(13-15-37)36-29(40)27(35-21(2)39)17-23-10-11-25(41-3)18-28(23)42-4/h5-11,18-19,24,27H,12-17H2,1-4H3,(H,35,39)(H,36,40)/t27-/m0/s1. The SMILES string of the molecule is COc1ccc(C[C@H](NC(C)=O)C(=O)NC2CCN(c3c(Cc4ccccc4)c(C)nc4ncnn34)CC2)c(OC)c1. The Morgan fingerprint density at radius 3 is 2.52 bits per heavy atom. The lowest BCUT2D eigenvalue weighted by Gasteiger charge is -2.35. The maximum Gasteiger partial charge on any atom is 0.254 e.